The van der Waals surface area contributed by atoms with Crippen molar-refractivity contribution in [2.45, 2.75) is 38.3 Å². The van der Waals surface area contributed by atoms with Crippen LogP contribution in [0.15, 0.2) is 0 Å². The second kappa shape index (κ2) is 4.80. The van der Waals surface area contributed by atoms with Gasteiger partial charge in [0.1, 0.15) is 0 Å². The monoisotopic (exact) mass is 172 g/mol. The number of aliphatic hydroxyl groups excluding tert-OH is 1. The lowest BCUT2D eigenvalue weighted by Gasteiger charge is -2.35. The molecule has 0 aliphatic carbocycles. The maximum atomic E-state index is 9.30. The molecule has 1 heterocycles. The summed E-state index contributed by atoms with van der Waals surface area (Å²) in [6.45, 7) is 4.93. The van der Waals surface area contributed by atoms with Crippen molar-refractivity contribution in [3.63, 3.8) is 0 Å². The summed E-state index contributed by atoms with van der Waals surface area (Å²) in [6.07, 6.45) is 2.87. The van der Waals surface area contributed by atoms with Gasteiger partial charge in [-0.3, -0.25) is 4.90 Å². The van der Waals surface area contributed by atoms with E-state index in [1.54, 1.807) is 0 Å². The van der Waals surface area contributed by atoms with Crippen LogP contribution < -0.4 is 5.73 Å². The molecular formula is C9H20N2O. The molecule has 12 heavy (non-hydrogen) atoms. The van der Waals surface area contributed by atoms with Crippen molar-refractivity contribution >= 4 is 0 Å². The summed E-state index contributed by atoms with van der Waals surface area (Å²) in [4.78, 5) is 2.40. The highest BCUT2D eigenvalue weighted by Gasteiger charge is 2.21. The number of nitrogens with two attached hydrogens (primary N) is 1. The molecule has 0 amide bonds. The van der Waals surface area contributed by atoms with E-state index in [0.29, 0.717) is 6.04 Å². The van der Waals surface area contributed by atoms with E-state index in [9.17, 15) is 5.11 Å². The molecule has 3 heteroatoms. The number of piperidine rings is 1. The second-order valence-electron chi connectivity index (χ2n) is 3.56. The largest absolute Gasteiger partial charge is 0.393 e. The van der Waals surface area contributed by atoms with Gasteiger partial charge in [0.15, 0.2) is 0 Å². The van der Waals surface area contributed by atoms with Crippen LogP contribution >= 0.6 is 0 Å². The smallest absolute Gasteiger partial charge is 0.0564 e. The molecule has 1 aliphatic heterocycles. The number of hydrogen-bond donors (Lipinski definition) is 2. The van der Waals surface area contributed by atoms with Crippen molar-refractivity contribution < 1.29 is 5.11 Å². The summed E-state index contributed by atoms with van der Waals surface area (Å²) >= 11 is 0. The van der Waals surface area contributed by atoms with Gasteiger partial charge in [0.05, 0.1) is 6.10 Å². The number of aliphatic hydroxyl groups is 1. The van der Waals surface area contributed by atoms with Crippen molar-refractivity contribution in [2.75, 3.05) is 19.6 Å². The van der Waals surface area contributed by atoms with E-state index in [1.807, 2.05) is 0 Å². The highest BCUT2D eigenvalue weighted by atomic mass is 16.3. The van der Waals surface area contributed by atoms with Gasteiger partial charge in [0.25, 0.3) is 0 Å². The molecule has 0 aromatic heterocycles. The molecule has 72 valence electrons. The van der Waals surface area contributed by atoms with Crippen LogP contribution in [0, 0.1) is 0 Å². The molecule has 1 unspecified atom stereocenters. The van der Waals surface area contributed by atoms with E-state index in [4.69, 9.17) is 5.73 Å². The maximum Gasteiger partial charge on any atom is 0.0564 e. The molecule has 0 saturated carbocycles. The Kier molecular flexibility index (Phi) is 3.98. The zero-order chi connectivity index (χ0) is 8.97. The first-order chi connectivity index (χ1) is 5.77. The Morgan fingerprint density at radius 1 is 1.50 bits per heavy atom. The van der Waals surface area contributed by atoms with Crippen molar-refractivity contribution in [1.29, 1.82) is 0 Å². The van der Waals surface area contributed by atoms with Gasteiger partial charge in [-0.15, -0.1) is 0 Å². The fourth-order valence-electron chi connectivity index (χ4n) is 1.82. The quantitative estimate of drug-likeness (QED) is 0.638. The van der Waals surface area contributed by atoms with Crippen molar-refractivity contribution in [3.8, 4) is 0 Å². The van der Waals surface area contributed by atoms with Crippen LogP contribution in [-0.4, -0.2) is 41.8 Å². The third kappa shape index (κ3) is 2.44. The van der Waals surface area contributed by atoms with Crippen LogP contribution in [0.2, 0.25) is 0 Å². The Labute approximate surface area is 74.5 Å². The van der Waals surface area contributed by atoms with E-state index in [2.05, 4.69) is 11.8 Å². The van der Waals surface area contributed by atoms with Gasteiger partial charge in [-0.05, 0) is 19.3 Å². The summed E-state index contributed by atoms with van der Waals surface area (Å²) in [5.74, 6) is 0. The SMILES string of the molecule is CCC(CN)N1CCC(O)CC1. The number of likely N-dealkylation sites (tertiary alicyclic amines) is 1. The average molecular weight is 172 g/mol. The molecule has 1 fully saturated rings. The van der Waals surface area contributed by atoms with Gasteiger partial charge in [-0.2, -0.15) is 0 Å². The molecule has 0 radical (unpaired) electrons. The van der Waals surface area contributed by atoms with Gasteiger partial charge in [-0.1, -0.05) is 6.92 Å². The fraction of sp³-hybridized carbons (Fsp3) is 1.00. The lowest BCUT2D eigenvalue weighted by Crippen LogP contribution is -2.45. The summed E-state index contributed by atoms with van der Waals surface area (Å²) in [5, 5.41) is 9.30. The zero-order valence-electron chi connectivity index (χ0n) is 7.87. The van der Waals surface area contributed by atoms with Gasteiger partial charge in [0, 0.05) is 25.7 Å². The molecule has 3 nitrogen and oxygen atoms in total. The van der Waals surface area contributed by atoms with E-state index >= 15 is 0 Å². The molecular weight excluding hydrogens is 152 g/mol. The molecule has 0 aromatic rings. The fourth-order valence-corrected chi connectivity index (χ4v) is 1.82. The predicted molar refractivity (Wildman–Crippen MR) is 49.9 cm³/mol. The minimum atomic E-state index is -0.0727. The van der Waals surface area contributed by atoms with Crippen LogP contribution in [0.25, 0.3) is 0 Å². The van der Waals surface area contributed by atoms with Crippen LogP contribution in [0.5, 0.6) is 0 Å². The number of nitrogens with zero attached hydrogens (tertiary/aromatic N) is 1. The number of hydrogen-bond acceptors (Lipinski definition) is 3. The molecule has 1 rings (SSSR count). The Morgan fingerprint density at radius 3 is 2.50 bits per heavy atom. The normalized spacial score (nSPS) is 24.2. The third-order valence-corrected chi connectivity index (χ3v) is 2.76. The Morgan fingerprint density at radius 2 is 2.08 bits per heavy atom. The third-order valence-electron chi connectivity index (χ3n) is 2.76. The second-order valence-corrected chi connectivity index (χ2v) is 3.56. The Hall–Kier alpha value is -0.120. The van der Waals surface area contributed by atoms with Gasteiger partial charge < -0.3 is 10.8 Å². The van der Waals surface area contributed by atoms with Crippen molar-refractivity contribution in [3.05, 3.63) is 0 Å². The van der Waals surface area contributed by atoms with Crippen LogP contribution in [0.4, 0.5) is 0 Å². The molecule has 3 N–H and O–H groups in total. The summed E-state index contributed by atoms with van der Waals surface area (Å²) < 4.78 is 0. The minimum absolute atomic E-state index is 0.0727. The average Bonchev–Trinajstić information content (AvgIpc) is 2.10. The Bertz CT molecular complexity index is 118. The summed E-state index contributed by atoms with van der Waals surface area (Å²) in [6, 6.07) is 0.525. The van der Waals surface area contributed by atoms with Crippen LogP contribution in [0.1, 0.15) is 26.2 Å². The highest BCUT2D eigenvalue weighted by molar-refractivity contribution is 4.77. The first-order valence-corrected chi connectivity index (χ1v) is 4.90. The molecule has 0 spiro atoms. The first kappa shape index (κ1) is 9.96. The van der Waals surface area contributed by atoms with Gasteiger partial charge >= 0.3 is 0 Å². The summed E-state index contributed by atoms with van der Waals surface area (Å²) in [5.41, 5.74) is 5.64. The summed E-state index contributed by atoms with van der Waals surface area (Å²) in [7, 11) is 0. The van der Waals surface area contributed by atoms with E-state index < -0.39 is 0 Å². The predicted octanol–water partition coefficient (Wildman–Crippen LogP) is 0.180. The van der Waals surface area contributed by atoms with Crippen LogP contribution in [0.3, 0.4) is 0 Å². The molecule has 0 bridgehead atoms. The minimum Gasteiger partial charge on any atom is -0.393 e. The molecule has 1 atom stereocenters. The lowest BCUT2D eigenvalue weighted by atomic mass is 10.0. The molecule has 1 saturated heterocycles. The standard InChI is InChI=1S/C9H20N2O/c1-2-8(7-10)11-5-3-9(12)4-6-11/h8-9,12H,2-7,10H2,1H3. The maximum absolute atomic E-state index is 9.30. The molecule has 1 aliphatic rings. The Balaban J connectivity index is 2.32. The van der Waals surface area contributed by atoms with Gasteiger partial charge in [-0.25, -0.2) is 0 Å². The van der Waals surface area contributed by atoms with E-state index in [0.717, 1.165) is 38.9 Å². The van der Waals surface area contributed by atoms with E-state index in [-0.39, 0.29) is 6.10 Å². The molecule has 0 aromatic carbocycles. The van der Waals surface area contributed by atoms with Gasteiger partial charge in [0.2, 0.25) is 0 Å². The first-order valence-electron chi connectivity index (χ1n) is 4.90. The zero-order valence-corrected chi connectivity index (χ0v) is 7.87. The van der Waals surface area contributed by atoms with Crippen molar-refractivity contribution in [2.24, 2.45) is 5.73 Å². The number of rotatable bonds is 3. The van der Waals surface area contributed by atoms with E-state index in [1.165, 1.54) is 0 Å². The van der Waals surface area contributed by atoms with Crippen LogP contribution in [-0.2, 0) is 0 Å². The lowest BCUT2D eigenvalue weighted by molar-refractivity contribution is 0.0615. The highest BCUT2D eigenvalue weighted by Crippen LogP contribution is 2.13. The topological polar surface area (TPSA) is 49.5 Å². The van der Waals surface area contributed by atoms with Crippen molar-refractivity contribution in [1.82, 2.24) is 4.90 Å².